The molecule has 0 aliphatic carbocycles. The number of hydrogen-bond acceptors (Lipinski definition) is 7. The minimum absolute atomic E-state index is 0.121. The van der Waals surface area contributed by atoms with Crippen molar-refractivity contribution in [2.24, 2.45) is 0 Å². The van der Waals surface area contributed by atoms with Gasteiger partial charge in [0.15, 0.2) is 11.0 Å². The van der Waals surface area contributed by atoms with Gasteiger partial charge in [-0.2, -0.15) is 0 Å². The van der Waals surface area contributed by atoms with Gasteiger partial charge >= 0.3 is 0 Å². The third-order valence-electron chi connectivity index (χ3n) is 4.21. The first-order valence-electron chi connectivity index (χ1n) is 8.45. The molecule has 27 heavy (non-hydrogen) atoms. The van der Waals surface area contributed by atoms with Crippen LogP contribution in [0.2, 0.25) is 0 Å². The monoisotopic (exact) mass is 383 g/mol. The van der Waals surface area contributed by atoms with Crippen molar-refractivity contribution < 1.29 is 9.90 Å². The van der Waals surface area contributed by atoms with E-state index in [1.807, 2.05) is 38.9 Å². The van der Waals surface area contributed by atoms with E-state index in [0.29, 0.717) is 17.0 Å². The second kappa shape index (κ2) is 7.40. The zero-order chi connectivity index (χ0) is 19.7. The molecule has 7 nitrogen and oxygen atoms in total. The van der Waals surface area contributed by atoms with Gasteiger partial charge in [0, 0.05) is 25.9 Å². The number of aromatic hydroxyl groups is 1. The van der Waals surface area contributed by atoms with Crippen molar-refractivity contribution in [2.75, 3.05) is 19.0 Å². The van der Waals surface area contributed by atoms with Gasteiger partial charge in [0.05, 0.1) is 5.56 Å². The molecule has 3 aromatic rings. The quantitative estimate of drug-likeness (QED) is 0.673. The number of nitrogens with zero attached hydrogens (tertiary/aromatic N) is 5. The SMILES string of the molecule is CC(C)c1cc(-c2nnc(S)n2C(=O)c2ccc(N(C)C)nc2)ccc1O. The molecule has 0 aliphatic rings. The van der Waals surface area contributed by atoms with Crippen LogP contribution in [0.25, 0.3) is 11.4 Å². The van der Waals surface area contributed by atoms with Crippen LogP contribution in [0.1, 0.15) is 35.7 Å². The summed E-state index contributed by atoms with van der Waals surface area (Å²) < 4.78 is 1.34. The van der Waals surface area contributed by atoms with Crippen molar-refractivity contribution in [1.82, 2.24) is 19.7 Å². The summed E-state index contributed by atoms with van der Waals surface area (Å²) in [4.78, 5) is 19.2. The number of pyridine rings is 1. The van der Waals surface area contributed by atoms with E-state index in [0.717, 1.165) is 11.4 Å². The number of rotatable bonds is 4. The molecule has 0 radical (unpaired) electrons. The second-order valence-corrected chi connectivity index (χ2v) is 7.09. The van der Waals surface area contributed by atoms with Crippen molar-refractivity contribution in [3.05, 3.63) is 47.7 Å². The number of carbonyl (C=O) groups is 1. The van der Waals surface area contributed by atoms with E-state index in [1.165, 1.54) is 10.8 Å². The number of aromatic nitrogens is 4. The van der Waals surface area contributed by atoms with E-state index < -0.39 is 0 Å². The molecule has 0 bridgehead atoms. The van der Waals surface area contributed by atoms with Gasteiger partial charge in [-0.25, -0.2) is 9.55 Å². The van der Waals surface area contributed by atoms with Crippen LogP contribution in [0.4, 0.5) is 5.82 Å². The van der Waals surface area contributed by atoms with E-state index in [9.17, 15) is 9.90 Å². The van der Waals surface area contributed by atoms with Gasteiger partial charge in [-0.3, -0.25) is 4.79 Å². The first-order chi connectivity index (χ1) is 12.8. The minimum atomic E-state index is -0.322. The highest BCUT2D eigenvalue weighted by atomic mass is 32.1. The van der Waals surface area contributed by atoms with Crippen LogP contribution < -0.4 is 4.90 Å². The normalized spacial score (nSPS) is 11.0. The molecule has 0 amide bonds. The van der Waals surface area contributed by atoms with Crippen LogP contribution >= 0.6 is 12.6 Å². The van der Waals surface area contributed by atoms with Gasteiger partial charge in [0.2, 0.25) is 0 Å². The van der Waals surface area contributed by atoms with Crippen LogP contribution in [0.15, 0.2) is 41.7 Å². The Morgan fingerprint density at radius 1 is 1.19 bits per heavy atom. The molecule has 0 saturated heterocycles. The molecule has 0 unspecified atom stereocenters. The number of thiol groups is 1. The molecule has 140 valence electrons. The maximum absolute atomic E-state index is 13.0. The third kappa shape index (κ3) is 3.66. The molecule has 2 heterocycles. The molecule has 2 aromatic heterocycles. The highest BCUT2D eigenvalue weighted by Crippen LogP contribution is 2.31. The summed E-state index contributed by atoms with van der Waals surface area (Å²) in [6.45, 7) is 3.97. The lowest BCUT2D eigenvalue weighted by Crippen LogP contribution is -2.16. The van der Waals surface area contributed by atoms with E-state index in [4.69, 9.17) is 0 Å². The second-order valence-electron chi connectivity index (χ2n) is 6.69. The number of phenols is 1. The molecule has 0 saturated carbocycles. The molecule has 0 aliphatic heterocycles. The van der Waals surface area contributed by atoms with Crippen molar-refractivity contribution in [3.8, 4) is 17.1 Å². The number of carbonyl (C=O) groups excluding carboxylic acids is 1. The maximum atomic E-state index is 13.0. The number of benzene rings is 1. The fourth-order valence-corrected chi connectivity index (χ4v) is 2.94. The summed E-state index contributed by atoms with van der Waals surface area (Å²) >= 11 is 4.29. The molecule has 3 rings (SSSR count). The van der Waals surface area contributed by atoms with Crippen LogP contribution in [0.5, 0.6) is 5.75 Å². The Balaban J connectivity index is 2.05. The summed E-state index contributed by atoms with van der Waals surface area (Å²) in [5.74, 6) is 1.12. The standard InChI is InChI=1S/C19H21N5O2S/c1-11(2)14-9-12(5-7-15(14)25)17-21-22-19(27)24(17)18(26)13-6-8-16(20-10-13)23(3)4/h5-11,25H,1-4H3,(H,22,27). The molecular formula is C19H21N5O2S. The molecule has 0 atom stereocenters. The fourth-order valence-electron chi connectivity index (χ4n) is 2.71. The zero-order valence-electron chi connectivity index (χ0n) is 15.6. The largest absolute Gasteiger partial charge is 0.508 e. The fraction of sp³-hybridized carbons (Fsp3) is 0.263. The van der Waals surface area contributed by atoms with E-state index in [2.05, 4.69) is 27.8 Å². The lowest BCUT2D eigenvalue weighted by molar-refractivity contribution is 0.0951. The summed E-state index contributed by atoms with van der Waals surface area (Å²) in [5.41, 5.74) is 1.85. The molecule has 8 heteroatoms. The van der Waals surface area contributed by atoms with Gasteiger partial charge < -0.3 is 10.0 Å². The highest BCUT2D eigenvalue weighted by Gasteiger charge is 2.21. The topological polar surface area (TPSA) is 84.1 Å². The Bertz CT molecular complexity index is 980. The number of hydrogen-bond donors (Lipinski definition) is 2. The Kier molecular flexibility index (Phi) is 5.18. The lowest BCUT2D eigenvalue weighted by atomic mass is 9.99. The van der Waals surface area contributed by atoms with Gasteiger partial charge in [-0.1, -0.05) is 13.8 Å². The predicted molar refractivity (Wildman–Crippen MR) is 107 cm³/mol. The Morgan fingerprint density at radius 3 is 2.52 bits per heavy atom. The highest BCUT2D eigenvalue weighted by molar-refractivity contribution is 7.80. The summed E-state index contributed by atoms with van der Waals surface area (Å²) in [6, 6.07) is 8.59. The summed E-state index contributed by atoms with van der Waals surface area (Å²) in [6.07, 6.45) is 1.52. The van der Waals surface area contributed by atoms with Crippen molar-refractivity contribution in [3.63, 3.8) is 0 Å². The summed E-state index contributed by atoms with van der Waals surface area (Å²) in [7, 11) is 3.76. The smallest absolute Gasteiger partial charge is 0.267 e. The van der Waals surface area contributed by atoms with Gasteiger partial charge in [0.25, 0.3) is 5.91 Å². The first-order valence-corrected chi connectivity index (χ1v) is 8.90. The van der Waals surface area contributed by atoms with Crippen LogP contribution in [-0.2, 0) is 0 Å². The van der Waals surface area contributed by atoms with Gasteiger partial charge in [-0.05, 0) is 41.8 Å². The minimum Gasteiger partial charge on any atom is -0.508 e. The Hall–Kier alpha value is -2.87. The molecule has 1 aromatic carbocycles. The van der Waals surface area contributed by atoms with E-state index >= 15 is 0 Å². The van der Waals surface area contributed by atoms with Crippen LogP contribution in [0.3, 0.4) is 0 Å². The third-order valence-corrected chi connectivity index (χ3v) is 4.50. The molecule has 1 N–H and O–H groups in total. The van der Waals surface area contributed by atoms with Gasteiger partial charge in [-0.15, -0.1) is 22.8 Å². The molecule has 0 fully saturated rings. The van der Waals surface area contributed by atoms with Crippen molar-refractivity contribution >= 4 is 24.4 Å². The van der Waals surface area contributed by atoms with Crippen molar-refractivity contribution in [1.29, 1.82) is 0 Å². The number of anilines is 1. The molecular weight excluding hydrogens is 362 g/mol. The Morgan fingerprint density at radius 2 is 1.93 bits per heavy atom. The zero-order valence-corrected chi connectivity index (χ0v) is 16.5. The van der Waals surface area contributed by atoms with Crippen LogP contribution in [-0.4, -0.2) is 44.9 Å². The van der Waals surface area contributed by atoms with Crippen molar-refractivity contribution in [2.45, 2.75) is 24.9 Å². The lowest BCUT2D eigenvalue weighted by Gasteiger charge is -2.13. The number of phenolic OH excluding ortho intramolecular Hbond substituents is 1. The predicted octanol–water partition coefficient (Wildman–Crippen LogP) is 3.21. The average Bonchev–Trinajstić information content (AvgIpc) is 3.02. The average molecular weight is 383 g/mol. The summed E-state index contributed by atoms with van der Waals surface area (Å²) in [5, 5.41) is 18.3. The van der Waals surface area contributed by atoms with E-state index in [-0.39, 0.29) is 22.7 Å². The molecule has 0 spiro atoms. The van der Waals surface area contributed by atoms with E-state index in [1.54, 1.807) is 24.3 Å². The van der Waals surface area contributed by atoms with Gasteiger partial charge in [0.1, 0.15) is 11.6 Å². The Labute approximate surface area is 163 Å². The van der Waals surface area contributed by atoms with Crippen LogP contribution in [0, 0.1) is 0 Å². The first kappa shape index (κ1) is 18.9. The maximum Gasteiger partial charge on any atom is 0.267 e.